The van der Waals surface area contributed by atoms with Gasteiger partial charge in [-0.15, -0.1) is 0 Å². The van der Waals surface area contributed by atoms with Crippen LogP contribution in [0.5, 0.6) is 0 Å². The molecule has 2 aromatic heterocycles. The molecule has 26 heavy (non-hydrogen) atoms. The maximum absolute atomic E-state index is 13.3. The van der Waals surface area contributed by atoms with E-state index in [9.17, 15) is 4.39 Å². The van der Waals surface area contributed by atoms with Crippen molar-refractivity contribution < 1.29 is 8.91 Å². The molecule has 0 N–H and O–H groups in total. The quantitative estimate of drug-likeness (QED) is 0.697. The molecule has 0 radical (unpaired) electrons. The van der Waals surface area contributed by atoms with Crippen molar-refractivity contribution in [2.75, 3.05) is 18.0 Å². The second kappa shape index (κ2) is 6.34. The van der Waals surface area contributed by atoms with E-state index in [4.69, 9.17) is 9.51 Å². The van der Waals surface area contributed by atoms with Crippen molar-refractivity contribution in [2.24, 2.45) is 0 Å². The van der Waals surface area contributed by atoms with E-state index in [1.54, 1.807) is 6.07 Å². The Labute approximate surface area is 151 Å². The lowest BCUT2D eigenvalue weighted by Crippen LogP contribution is -2.34. The van der Waals surface area contributed by atoms with Gasteiger partial charge in [0.1, 0.15) is 11.6 Å². The minimum absolute atomic E-state index is 0.291. The molecule has 0 saturated carbocycles. The van der Waals surface area contributed by atoms with E-state index in [1.807, 2.05) is 6.20 Å². The van der Waals surface area contributed by atoms with Crippen LogP contribution >= 0.6 is 0 Å². The zero-order valence-corrected chi connectivity index (χ0v) is 14.6. The standard InChI is InChI=1S/C20H21FN4O/c21-14-5-6-15-18(11-14)26-24-20(15)13-7-9-25(10-8-13)19-12-22-16-3-1-2-4-17(16)23-19/h5-6,11-13H,1-4,7-10H2. The molecule has 5 rings (SSSR count). The number of benzene rings is 1. The number of aromatic nitrogens is 3. The molecule has 0 atom stereocenters. The van der Waals surface area contributed by atoms with E-state index in [-0.39, 0.29) is 5.82 Å². The SMILES string of the molecule is Fc1ccc2c(C3CCN(c4cnc5c(n4)CCCC5)CC3)noc2c1. The van der Waals surface area contributed by atoms with E-state index in [0.29, 0.717) is 11.5 Å². The second-order valence-corrected chi connectivity index (χ2v) is 7.30. The first kappa shape index (κ1) is 15.7. The van der Waals surface area contributed by atoms with Crippen LogP contribution in [0.2, 0.25) is 0 Å². The highest BCUT2D eigenvalue weighted by Crippen LogP contribution is 2.34. The summed E-state index contributed by atoms with van der Waals surface area (Å²) >= 11 is 0. The molecule has 0 amide bonds. The van der Waals surface area contributed by atoms with Crippen LogP contribution in [0.4, 0.5) is 10.2 Å². The van der Waals surface area contributed by atoms with Gasteiger partial charge in [-0.3, -0.25) is 4.98 Å². The highest BCUT2D eigenvalue weighted by molar-refractivity contribution is 5.80. The summed E-state index contributed by atoms with van der Waals surface area (Å²) in [5, 5.41) is 5.16. The summed E-state index contributed by atoms with van der Waals surface area (Å²) in [6.07, 6.45) is 8.45. The Morgan fingerprint density at radius 3 is 2.73 bits per heavy atom. The van der Waals surface area contributed by atoms with Crippen LogP contribution in [0.3, 0.4) is 0 Å². The maximum atomic E-state index is 13.3. The Morgan fingerprint density at radius 1 is 1.08 bits per heavy atom. The smallest absolute Gasteiger partial charge is 0.170 e. The first-order chi connectivity index (χ1) is 12.8. The Bertz CT molecular complexity index is 946. The normalized spacial score (nSPS) is 18.3. The molecule has 0 unspecified atom stereocenters. The fourth-order valence-corrected chi connectivity index (χ4v) is 4.20. The van der Waals surface area contributed by atoms with Gasteiger partial charge in [0, 0.05) is 30.5 Å². The molecule has 3 aromatic rings. The number of anilines is 1. The molecule has 1 fully saturated rings. The fourth-order valence-electron chi connectivity index (χ4n) is 4.20. The number of rotatable bonds is 2. The van der Waals surface area contributed by atoms with Crippen molar-refractivity contribution in [3.63, 3.8) is 0 Å². The third-order valence-electron chi connectivity index (χ3n) is 5.66. The molecule has 1 aliphatic heterocycles. The van der Waals surface area contributed by atoms with Gasteiger partial charge in [-0.05, 0) is 50.7 Å². The number of nitrogens with zero attached hydrogens (tertiary/aromatic N) is 4. The third kappa shape index (κ3) is 2.73. The van der Waals surface area contributed by atoms with Gasteiger partial charge in [0.25, 0.3) is 0 Å². The molecule has 0 bridgehead atoms. The highest BCUT2D eigenvalue weighted by atomic mass is 19.1. The molecule has 0 spiro atoms. The van der Waals surface area contributed by atoms with E-state index < -0.39 is 0 Å². The number of hydrogen-bond donors (Lipinski definition) is 0. The Hall–Kier alpha value is -2.50. The number of halogens is 1. The molecule has 1 aromatic carbocycles. The average molecular weight is 352 g/mol. The lowest BCUT2D eigenvalue weighted by molar-refractivity contribution is 0.415. The summed E-state index contributed by atoms with van der Waals surface area (Å²) in [5.74, 6) is 1.04. The molecular weight excluding hydrogens is 331 g/mol. The highest BCUT2D eigenvalue weighted by Gasteiger charge is 2.26. The zero-order valence-electron chi connectivity index (χ0n) is 14.6. The van der Waals surface area contributed by atoms with Crippen LogP contribution < -0.4 is 4.90 Å². The van der Waals surface area contributed by atoms with Gasteiger partial charge in [0.2, 0.25) is 0 Å². The first-order valence-electron chi connectivity index (χ1n) is 9.42. The van der Waals surface area contributed by atoms with Crippen molar-refractivity contribution >= 4 is 16.8 Å². The van der Waals surface area contributed by atoms with E-state index in [0.717, 1.165) is 55.7 Å². The van der Waals surface area contributed by atoms with E-state index in [1.165, 1.54) is 36.4 Å². The molecule has 3 heterocycles. The summed E-state index contributed by atoms with van der Waals surface area (Å²) in [6, 6.07) is 4.66. The summed E-state index contributed by atoms with van der Waals surface area (Å²) in [5.41, 5.74) is 3.84. The molecular formula is C20H21FN4O. The minimum Gasteiger partial charge on any atom is -0.356 e. The molecule has 134 valence electrons. The Balaban J connectivity index is 1.33. The number of piperidine rings is 1. The van der Waals surface area contributed by atoms with Gasteiger partial charge in [-0.2, -0.15) is 0 Å². The Morgan fingerprint density at radius 2 is 1.88 bits per heavy atom. The summed E-state index contributed by atoms with van der Waals surface area (Å²) in [4.78, 5) is 11.8. The topological polar surface area (TPSA) is 55.1 Å². The molecule has 1 saturated heterocycles. The molecule has 6 heteroatoms. The van der Waals surface area contributed by atoms with Crippen molar-refractivity contribution in [3.8, 4) is 0 Å². The van der Waals surface area contributed by atoms with Gasteiger partial charge in [0.05, 0.1) is 23.3 Å². The summed E-state index contributed by atoms with van der Waals surface area (Å²) in [7, 11) is 0. The molecule has 2 aliphatic rings. The number of hydrogen-bond acceptors (Lipinski definition) is 5. The van der Waals surface area contributed by atoms with Crippen molar-refractivity contribution in [3.05, 3.63) is 47.3 Å². The fraction of sp³-hybridized carbons (Fsp3) is 0.450. The van der Waals surface area contributed by atoms with Crippen LogP contribution in [0.15, 0.2) is 28.9 Å². The predicted molar refractivity (Wildman–Crippen MR) is 96.8 cm³/mol. The number of fused-ring (bicyclic) bond motifs is 2. The van der Waals surface area contributed by atoms with Gasteiger partial charge in [0.15, 0.2) is 5.58 Å². The monoisotopic (exact) mass is 352 g/mol. The Kier molecular flexibility index (Phi) is 3.84. The van der Waals surface area contributed by atoms with Crippen LogP contribution in [0.1, 0.15) is 48.7 Å². The van der Waals surface area contributed by atoms with Crippen LogP contribution in [0, 0.1) is 5.82 Å². The first-order valence-corrected chi connectivity index (χ1v) is 9.42. The number of aryl methyl sites for hydroxylation is 2. The minimum atomic E-state index is -0.291. The molecule has 1 aliphatic carbocycles. The van der Waals surface area contributed by atoms with Crippen molar-refractivity contribution in [1.29, 1.82) is 0 Å². The zero-order chi connectivity index (χ0) is 17.5. The third-order valence-corrected chi connectivity index (χ3v) is 5.66. The predicted octanol–water partition coefficient (Wildman–Crippen LogP) is 4.02. The van der Waals surface area contributed by atoms with Gasteiger partial charge in [-0.25, -0.2) is 9.37 Å². The average Bonchev–Trinajstić information content (AvgIpc) is 3.10. The van der Waals surface area contributed by atoms with Gasteiger partial charge in [-0.1, -0.05) is 5.16 Å². The summed E-state index contributed by atoms with van der Waals surface area (Å²) in [6.45, 7) is 1.85. The van der Waals surface area contributed by atoms with Crippen molar-refractivity contribution in [2.45, 2.75) is 44.4 Å². The van der Waals surface area contributed by atoms with Crippen LogP contribution in [-0.2, 0) is 12.8 Å². The maximum Gasteiger partial charge on any atom is 0.170 e. The van der Waals surface area contributed by atoms with Gasteiger partial charge >= 0.3 is 0 Å². The van der Waals surface area contributed by atoms with Crippen LogP contribution in [-0.4, -0.2) is 28.2 Å². The van der Waals surface area contributed by atoms with Gasteiger partial charge < -0.3 is 9.42 Å². The second-order valence-electron chi connectivity index (χ2n) is 7.30. The molecule has 5 nitrogen and oxygen atoms in total. The lowest BCUT2D eigenvalue weighted by Gasteiger charge is -2.32. The van der Waals surface area contributed by atoms with Crippen molar-refractivity contribution in [1.82, 2.24) is 15.1 Å². The largest absolute Gasteiger partial charge is 0.356 e. The summed E-state index contributed by atoms with van der Waals surface area (Å²) < 4.78 is 18.7. The van der Waals surface area contributed by atoms with Crippen LogP contribution in [0.25, 0.3) is 11.0 Å². The van der Waals surface area contributed by atoms with E-state index in [2.05, 4.69) is 15.0 Å². The lowest BCUT2D eigenvalue weighted by atomic mass is 9.91. The van der Waals surface area contributed by atoms with E-state index >= 15 is 0 Å².